The molecule has 0 aromatic carbocycles. The molecule has 6 heteroatoms. The lowest BCUT2D eigenvalue weighted by Crippen LogP contribution is -2.36. The third kappa shape index (κ3) is 5.09. The average Bonchev–Trinajstić information content (AvgIpc) is 2.29. The molecule has 1 unspecified atom stereocenters. The number of carbonyl (C=O) groups is 1. The van der Waals surface area contributed by atoms with Crippen molar-refractivity contribution in [2.75, 3.05) is 13.1 Å². The maximum atomic E-state index is 11.5. The maximum absolute atomic E-state index is 11.5. The number of rotatable bonds is 4. The molecule has 0 fully saturated rings. The van der Waals surface area contributed by atoms with Crippen molar-refractivity contribution in [2.45, 2.75) is 32.3 Å². The molecule has 0 aliphatic heterocycles. The van der Waals surface area contributed by atoms with Crippen LogP contribution in [0.2, 0.25) is 0 Å². The van der Waals surface area contributed by atoms with E-state index in [4.69, 9.17) is 10.5 Å². The first-order valence-electron chi connectivity index (χ1n) is 5.85. The number of nitrogens with two attached hydrogens (primary N) is 1. The van der Waals surface area contributed by atoms with Gasteiger partial charge in [0.2, 0.25) is 0 Å². The van der Waals surface area contributed by atoms with E-state index in [2.05, 4.69) is 15.3 Å². The first kappa shape index (κ1) is 14.4. The van der Waals surface area contributed by atoms with E-state index in [1.807, 2.05) is 20.8 Å². The second kappa shape index (κ2) is 6.30. The monoisotopic (exact) mass is 252 g/mol. The molecule has 0 aliphatic rings. The van der Waals surface area contributed by atoms with Gasteiger partial charge in [0.15, 0.2) is 0 Å². The van der Waals surface area contributed by atoms with Crippen molar-refractivity contribution in [1.29, 1.82) is 0 Å². The van der Waals surface area contributed by atoms with Gasteiger partial charge in [-0.05, 0) is 26.8 Å². The highest BCUT2D eigenvalue weighted by molar-refractivity contribution is 5.67. The summed E-state index contributed by atoms with van der Waals surface area (Å²) in [6.45, 7) is 6.24. The van der Waals surface area contributed by atoms with Crippen molar-refractivity contribution < 1.29 is 9.53 Å². The first-order valence-corrected chi connectivity index (χ1v) is 5.85. The van der Waals surface area contributed by atoms with Crippen LogP contribution < -0.4 is 11.1 Å². The lowest BCUT2D eigenvalue weighted by Gasteiger charge is -2.21. The molecule has 1 aromatic heterocycles. The minimum absolute atomic E-state index is 0.0412. The molecule has 0 saturated carbocycles. The molecular weight excluding hydrogens is 232 g/mol. The number of aromatic nitrogens is 2. The fourth-order valence-corrected chi connectivity index (χ4v) is 1.37. The molecule has 0 aliphatic carbocycles. The van der Waals surface area contributed by atoms with Gasteiger partial charge in [0.1, 0.15) is 11.9 Å². The van der Waals surface area contributed by atoms with Gasteiger partial charge in [-0.15, -0.1) is 0 Å². The number of ether oxygens (including phenoxy) is 1. The van der Waals surface area contributed by atoms with Crippen LogP contribution in [0.5, 0.6) is 0 Å². The number of amides is 1. The van der Waals surface area contributed by atoms with Crippen LogP contribution in [0.4, 0.5) is 4.79 Å². The van der Waals surface area contributed by atoms with E-state index in [1.165, 1.54) is 6.33 Å². The molecular formula is C12H20N4O2. The summed E-state index contributed by atoms with van der Waals surface area (Å²) in [6.07, 6.45) is 2.67. The number of hydrogen-bond donors (Lipinski definition) is 2. The summed E-state index contributed by atoms with van der Waals surface area (Å²) in [5.74, 6) is -0.0412. The third-order valence-electron chi connectivity index (χ3n) is 2.20. The molecule has 0 saturated heterocycles. The summed E-state index contributed by atoms with van der Waals surface area (Å²) in [5, 5.41) is 2.69. The fraction of sp³-hybridized carbons (Fsp3) is 0.583. The van der Waals surface area contributed by atoms with E-state index in [9.17, 15) is 4.79 Å². The Morgan fingerprint density at radius 3 is 2.78 bits per heavy atom. The van der Waals surface area contributed by atoms with Gasteiger partial charge in [0.05, 0.1) is 0 Å². The van der Waals surface area contributed by atoms with Crippen LogP contribution in [0.15, 0.2) is 18.6 Å². The van der Waals surface area contributed by atoms with Crippen molar-refractivity contribution in [1.82, 2.24) is 15.3 Å². The zero-order valence-corrected chi connectivity index (χ0v) is 11.0. The Labute approximate surface area is 107 Å². The standard InChI is InChI=1S/C12H20N4O2/c1-12(2,3)18-11(17)15-7-9(6-13)10-4-5-14-8-16-10/h4-5,8-9H,6-7,13H2,1-3H3,(H,15,17). The van der Waals surface area contributed by atoms with Crippen LogP contribution >= 0.6 is 0 Å². The van der Waals surface area contributed by atoms with Gasteiger partial charge in [0, 0.05) is 30.9 Å². The van der Waals surface area contributed by atoms with Gasteiger partial charge in [-0.1, -0.05) is 0 Å². The zero-order valence-electron chi connectivity index (χ0n) is 11.0. The largest absolute Gasteiger partial charge is 0.444 e. The minimum atomic E-state index is -0.503. The molecule has 18 heavy (non-hydrogen) atoms. The van der Waals surface area contributed by atoms with E-state index >= 15 is 0 Å². The molecule has 3 N–H and O–H groups in total. The van der Waals surface area contributed by atoms with E-state index in [1.54, 1.807) is 12.3 Å². The topological polar surface area (TPSA) is 90.1 Å². The van der Waals surface area contributed by atoms with Gasteiger partial charge in [-0.2, -0.15) is 0 Å². The Morgan fingerprint density at radius 2 is 2.28 bits per heavy atom. The van der Waals surface area contributed by atoms with Crippen LogP contribution in [-0.2, 0) is 4.74 Å². The molecule has 1 atom stereocenters. The van der Waals surface area contributed by atoms with E-state index < -0.39 is 11.7 Å². The second-order valence-corrected chi connectivity index (χ2v) is 4.95. The van der Waals surface area contributed by atoms with Gasteiger partial charge < -0.3 is 15.8 Å². The maximum Gasteiger partial charge on any atom is 0.407 e. The highest BCUT2D eigenvalue weighted by Gasteiger charge is 2.18. The highest BCUT2D eigenvalue weighted by atomic mass is 16.6. The summed E-state index contributed by atoms with van der Waals surface area (Å²) < 4.78 is 5.14. The van der Waals surface area contributed by atoms with Gasteiger partial charge >= 0.3 is 6.09 Å². The van der Waals surface area contributed by atoms with E-state index in [0.717, 1.165) is 5.69 Å². The summed E-state index contributed by atoms with van der Waals surface area (Å²) >= 11 is 0. The number of hydrogen-bond acceptors (Lipinski definition) is 5. The summed E-state index contributed by atoms with van der Waals surface area (Å²) in [7, 11) is 0. The number of nitrogens with zero attached hydrogens (tertiary/aromatic N) is 2. The average molecular weight is 252 g/mol. The molecule has 1 aromatic rings. The van der Waals surface area contributed by atoms with Crippen molar-refractivity contribution in [3.05, 3.63) is 24.3 Å². The number of carbonyl (C=O) groups excluding carboxylic acids is 1. The van der Waals surface area contributed by atoms with Gasteiger partial charge in [0.25, 0.3) is 0 Å². The van der Waals surface area contributed by atoms with Crippen molar-refractivity contribution in [3.63, 3.8) is 0 Å². The van der Waals surface area contributed by atoms with Crippen LogP contribution in [0.1, 0.15) is 32.4 Å². The Bertz CT molecular complexity index is 375. The number of nitrogens with one attached hydrogen (secondary N) is 1. The predicted octanol–water partition coefficient (Wildman–Crippen LogP) is 1.04. The fourth-order valence-electron chi connectivity index (χ4n) is 1.37. The molecule has 1 heterocycles. The Morgan fingerprint density at radius 1 is 1.56 bits per heavy atom. The lowest BCUT2D eigenvalue weighted by atomic mass is 10.1. The van der Waals surface area contributed by atoms with Crippen molar-refractivity contribution >= 4 is 6.09 Å². The quantitative estimate of drug-likeness (QED) is 0.835. The van der Waals surface area contributed by atoms with Crippen LogP contribution in [0.25, 0.3) is 0 Å². The van der Waals surface area contributed by atoms with Gasteiger partial charge in [-0.25, -0.2) is 14.8 Å². The molecule has 1 amide bonds. The molecule has 0 bridgehead atoms. The molecule has 0 spiro atoms. The summed E-state index contributed by atoms with van der Waals surface area (Å²) in [6, 6.07) is 1.79. The van der Waals surface area contributed by atoms with Crippen molar-refractivity contribution in [2.24, 2.45) is 5.73 Å². The van der Waals surface area contributed by atoms with E-state index in [-0.39, 0.29) is 5.92 Å². The van der Waals surface area contributed by atoms with Crippen LogP contribution in [0, 0.1) is 0 Å². The highest BCUT2D eigenvalue weighted by Crippen LogP contribution is 2.10. The predicted molar refractivity (Wildman–Crippen MR) is 68.1 cm³/mol. The molecule has 1 rings (SSSR count). The Hall–Kier alpha value is -1.69. The Balaban J connectivity index is 2.48. The lowest BCUT2D eigenvalue weighted by molar-refractivity contribution is 0.0524. The van der Waals surface area contributed by atoms with Crippen LogP contribution in [-0.4, -0.2) is 34.8 Å². The smallest absolute Gasteiger partial charge is 0.407 e. The summed E-state index contributed by atoms with van der Waals surface area (Å²) in [5.41, 5.74) is 5.97. The van der Waals surface area contributed by atoms with Gasteiger partial charge in [-0.3, -0.25) is 0 Å². The zero-order chi connectivity index (χ0) is 13.6. The molecule has 6 nitrogen and oxygen atoms in total. The second-order valence-electron chi connectivity index (χ2n) is 4.95. The SMILES string of the molecule is CC(C)(C)OC(=O)NCC(CN)c1ccncn1. The minimum Gasteiger partial charge on any atom is -0.444 e. The first-order chi connectivity index (χ1) is 8.42. The molecule has 100 valence electrons. The molecule has 0 radical (unpaired) electrons. The Kier molecular flexibility index (Phi) is 5.03. The number of alkyl carbamates (subject to hydrolysis) is 1. The van der Waals surface area contributed by atoms with Crippen LogP contribution in [0.3, 0.4) is 0 Å². The summed E-state index contributed by atoms with van der Waals surface area (Å²) in [4.78, 5) is 19.5. The third-order valence-corrected chi connectivity index (χ3v) is 2.20. The normalized spacial score (nSPS) is 12.9. The van der Waals surface area contributed by atoms with Crippen molar-refractivity contribution in [3.8, 4) is 0 Å². The van der Waals surface area contributed by atoms with E-state index in [0.29, 0.717) is 13.1 Å².